The van der Waals surface area contributed by atoms with Crippen LogP contribution >= 0.6 is 11.3 Å². The minimum Gasteiger partial charge on any atom is -0.465 e. The number of carboxylic acid groups (broad SMARTS) is 1. The topological polar surface area (TPSA) is 118 Å². The Bertz CT molecular complexity index is 1380. The van der Waals surface area contributed by atoms with Crippen molar-refractivity contribution >= 4 is 34.2 Å². The van der Waals surface area contributed by atoms with Gasteiger partial charge in [0, 0.05) is 34.1 Å². The first-order valence-electron chi connectivity index (χ1n) is 11.0. The van der Waals surface area contributed by atoms with Crippen LogP contribution in [0.4, 0.5) is 4.79 Å². The third-order valence-corrected chi connectivity index (χ3v) is 6.42. The maximum absolute atomic E-state index is 11.5. The predicted octanol–water partition coefficient (Wildman–Crippen LogP) is 5.40. The Balaban J connectivity index is 2.00. The van der Waals surface area contributed by atoms with Gasteiger partial charge >= 0.3 is 6.09 Å². The number of rotatable bonds is 7. The summed E-state index contributed by atoms with van der Waals surface area (Å²) in [6.45, 7) is 6.42. The molecule has 0 saturated carbocycles. The number of carbonyl (C=O) groups excluding carboxylic acids is 1. The molecular formula is C26H26N4O3S. The number of aryl methyl sites for hydroxylation is 1. The molecule has 0 bridgehead atoms. The van der Waals surface area contributed by atoms with Crippen LogP contribution in [0.5, 0.6) is 0 Å². The number of thiazole rings is 1. The molecule has 0 spiro atoms. The van der Waals surface area contributed by atoms with Crippen LogP contribution in [0.15, 0.2) is 47.8 Å². The second-order valence-electron chi connectivity index (χ2n) is 8.67. The van der Waals surface area contributed by atoms with Crippen LogP contribution in [0.25, 0.3) is 32.6 Å². The van der Waals surface area contributed by atoms with Gasteiger partial charge in [0.2, 0.25) is 0 Å². The molecule has 0 aliphatic carbocycles. The van der Waals surface area contributed by atoms with E-state index in [0.717, 1.165) is 50.8 Å². The highest BCUT2D eigenvalue weighted by Crippen LogP contribution is 2.37. The van der Waals surface area contributed by atoms with Gasteiger partial charge in [-0.1, -0.05) is 43.7 Å². The van der Waals surface area contributed by atoms with E-state index in [1.165, 1.54) is 11.3 Å². The zero-order chi connectivity index (χ0) is 24.4. The van der Waals surface area contributed by atoms with Crippen LogP contribution in [-0.2, 0) is 13.0 Å². The second-order valence-corrected chi connectivity index (χ2v) is 9.53. The van der Waals surface area contributed by atoms with Crippen molar-refractivity contribution in [1.82, 2.24) is 15.3 Å². The van der Waals surface area contributed by atoms with E-state index in [1.54, 1.807) is 5.38 Å². The first-order chi connectivity index (χ1) is 16.2. The Kier molecular flexibility index (Phi) is 6.61. The van der Waals surface area contributed by atoms with Crippen molar-refractivity contribution in [3.05, 3.63) is 70.4 Å². The molecule has 0 saturated heterocycles. The average Bonchev–Trinajstić information content (AvgIpc) is 3.28. The summed E-state index contributed by atoms with van der Waals surface area (Å²) in [6.07, 6.45) is -0.359. The Morgan fingerprint density at radius 2 is 1.79 bits per heavy atom. The third kappa shape index (κ3) is 4.92. The van der Waals surface area contributed by atoms with E-state index in [-0.39, 0.29) is 12.2 Å². The van der Waals surface area contributed by atoms with Crippen molar-refractivity contribution in [3.8, 4) is 21.7 Å². The highest BCUT2D eigenvalue weighted by molar-refractivity contribution is 7.13. The molecule has 4 aromatic rings. The standard InChI is InChI=1S/C26H26N4O3S/c1-14(2)10-21-19(12-28-26(32)33)23(16-6-4-15(3)5-7-16)18-11-17(8-9-20(18)29-21)25-30-22(13-34-25)24(27)31/h4-9,11,13-14,28H,10,12H2,1-3H3,(H2,27,31)(H,32,33). The number of hydrogen-bond acceptors (Lipinski definition) is 5. The van der Waals surface area contributed by atoms with Gasteiger partial charge < -0.3 is 16.2 Å². The van der Waals surface area contributed by atoms with Crippen LogP contribution in [0, 0.1) is 12.8 Å². The first-order valence-corrected chi connectivity index (χ1v) is 11.9. The van der Waals surface area contributed by atoms with Gasteiger partial charge in [0.1, 0.15) is 10.7 Å². The SMILES string of the molecule is Cc1ccc(-c2c(CNC(=O)O)c(CC(C)C)nc3ccc(-c4nc(C(N)=O)cs4)cc23)cc1. The lowest BCUT2D eigenvalue weighted by atomic mass is 9.90. The Morgan fingerprint density at radius 1 is 1.09 bits per heavy atom. The Labute approximate surface area is 201 Å². The summed E-state index contributed by atoms with van der Waals surface area (Å²) in [4.78, 5) is 32.2. The molecule has 2 aromatic heterocycles. The number of aromatic nitrogens is 2. The highest BCUT2D eigenvalue weighted by Gasteiger charge is 2.19. The molecule has 8 heteroatoms. The van der Waals surface area contributed by atoms with Crippen molar-refractivity contribution in [2.45, 2.75) is 33.7 Å². The number of pyridine rings is 1. The zero-order valence-electron chi connectivity index (χ0n) is 19.3. The fourth-order valence-electron chi connectivity index (χ4n) is 3.97. The van der Waals surface area contributed by atoms with E-state index < -0.39 is 12.0 Å². The monoisotopic (exact) mass is 474 g/mol. The maximum atomic E-state index is 11.5. The summed E-state index contributed by atoms with van der Waals surface area (Å²) >= 11 is 1.35. The van der Waals surface area contributed by atoms with Gasteiger partial charge in [-0.25, -0.2) is 9.78 Å². The van der Waals surface area contributed by atoms with Gasteiger partial charge in [-0.05, 0) is 48.6 Å². The number of carbonyl (C=O) groups is 2. The van der Waals surface area contributed by atoms with E-state index in [1.807, 2.05) is 37.3 Å². The van der Waals surface area contributed by atoms with Crippen molar-refractivity contribution in [3.63, 3.8) is 0 Å². The molecule has 2 heterocycles. The van der Waals surface area contributed by atoms with Crippen LogP contribution < -0.4 is 11.1 Å². The summed E-state index contributed by atoms with van der Waals surface area (Å²) in [5, 5.41) is 15.1. The molecule has 174 valence electrons. The number of nitrogens with one attached hydrogen (secondary N) is 1. The van der Waals surface area contributed by atoms with Gasteiger partial charge in [-0.3, -0.25) is 9.78 Å². The minimum absolute atomic E-state index is 0.150. The number of nitrogens with two attached hydrogens (primary N) is 1. The smallest absolute Gasteiger partial charge is 0.404 e. The Hall–Kier alpha value is -3.78. The number of hydrogen-bond donors (Lipinski definition) is 3. The Morgan fingerprint density at radius 3 is 2.41 bits per heavy atom. The van der Waals surface area contributed by atoms with Gasteiger partial charge in [-0.2, -0.15) is 0 Å². The molecule has 0 aliphatic heterocycles. The van der Waals surface area contributed by atoms with Crippen molar-refractivity contribution in [2.75, 3.05) is 0 Å². The summed E-state index contributed by atoms with van der Waals surface area (Å²) < 4.78 is 0. The van der Waals surface area contributed by atoms with Crippen LogP contribution in [0.3, 0.4) is 0 Å². The van der Waals surface area contributed by atoms with Gasteiger partial charge in [0.25, 0.3) is 5.91 Å². The zero-order valence-corrected chi connectivity index (χ0v) is 20.1. The lowest BCUT2D eigenvalue weighted by molar-refractivity contribution is 0.0996. The van der Waals surface area contributed by atoms with Crippen molar-refractivity contribution < 1.29 is 14.7 Å². The normalized spacial score (nSPS) is 11.2. The van der Waals surface area contributed by atoms with Crippen molar-refractivity contribution in [1.29, 1.82) is 0 Å². The van der Waals surface area contributed by atoms with Gasteiger partial charge in [0.05, 0.1) is 5.52 Å². The molecule has 0 fully saturated rings. The summed E-state index contributed by atoms with van der Waals surface area (Å²) in [5.41, 5.74) is 12.1. The van der Waals surface area contributed by atoms with E-state index >= 15 is 0 Å². The summed E-state index contributed by atoms with van der Waals surface area (Å²) in [6, 6.07) is 14.1. The molecule has 0 aliphatic rings. The van der Waals surface area contributed by atoms with Gasteiger partial charge in [-0.15, -0.1) is 11.3 Å². The highest BCUT2D eigenvalue weighted by atomic mass is 32.1. The number of nitrogens with zero attached hydrogens (tertiary/aromatic N) is 2. The number of primary amides is 1. The quantitative estimate of drug-likeness (QED) is 0.331. The van der Waals surface area contributed by atoms with Crippen molar-refractivity contribution in [2.24, 2.45) is 11.7 Å². The van der Waals surface area contributed by atoms with E-state index in [9.17, 15) is 14.7 Å². The lowest BCUT2D eigenvalue weighted by Gasteiger charge is -2.19. The second kappa shape index (κ2) is 9.61. The maximum Gasteiger partial charge on any atom is 0.404 e. The molecule has 0 unspecified atom stereocenters. The van der Waals surface area contributed by atoms with Crippen LogP contribution in [0.2, 0.25) is 0 Å². The molecule has 2 aromatic carbocycles. The number of amides is 2. The van der Waals surface area contributed by atoms with Crippen LogP contribution in [-0.4, -0.2) is 27.1 Å². The molecule has 4 rings (SSSR count). The first kappa shape index (κ1) is 23.4. The van der Waals surface area contributed by atoms with Gasteiger partial charge in [0.15, 0.2) is 0 Å². The van der Waals surface area contributed by atoms with E-state index in [4.69, 9.17) is 10.7 Å². The molecule has 0 radical (unpaired) electrons. The lowest BCUT2D eigenvalue weighted by Crippen LogP contribution is -2.22. The predicted molar refractivity (Wildman–Crippen MR) is 135 cm³/mol. The summed E-state index contributed by atoms with van der Waals surface area (Å²) in [7, 11) is 0. The van der Waals surface area contributed by atoms with E-state index in [0.29, 0.717) is 10.9 Å². The van der Waals surface area contributed by atoms with E-state index in [2.05, 4.69) is 36.3 Å². The minimum atomic E-state index is -1.08. The van der Waals surface area contributed by atoms with Crippen LogP contribution in [0.1, 0.15) is 41.2 Å². The summed E-state index contributed by atoms with van der Waals surface area (Å²) in [5.74, 6) is -0.216. The number of benzene rings is 2. The molecule has 34 heavy (non-hydrogen) atoms. The fraction of sp³-hybridized carbons (Fsp3) is 0.231. The largest absolute Gasteiger partial charge is 0.465 e. The molecule has 4 N–H and O–H groups in total. The fourth-order valence-corrected chi connectivity index (χ4v) is 4.77. The average molecular weight is 475 g/mol. The third-order valence-electron chi connectivity index (χ3n) is 5.53. The molecule has 7 nitrogen and oxygen atoms in total. The number of fused-ring (bicyclic) bond motifs is 1. The molecular weight excluding hydrogens is 448 g/mol. The molecule has 0 atom stereocenters. The molecule has 2 amide bonds.